The summed E-state index contributed by atoms with van der Waals surface area (Å²) in [7, 11) is 1.76. The van der Waals surface area contributed by atoms with Gasteiger partial charge in [0.15, 0.2) is 5.75 Å². The standard InChI is InChI=1S/C17H27N3O/c1-4-18-16(17-12(21-3)9-19-20(17)5-2)15-13-10-6-7-11(8-10)14(13)15/h9-11,13-16,18H,4-8H2,1-3H3. The highest BCUT2D eigenvalue weighted by Crippen LogP contribution is 2.72. The van der Waals surface area contributed by atoms with Crippen LogP contribution in [0.3, 0.4) is 0 Å². The van der Waals surface area contributed by atoms with Gasteiger partial charge in [0.2, 0.25) is 0 Å². The molecule has 0 amide bonds. The summed E-state index contributed by atoms with van der Waals surface area (Å²) in [6, 6.07) is 0.422. The Morgan fingerprint density at radius 1 is 1.33 bits per heavy atom. The number of hydrogen-bond donors (Lipinski definition) is 1. The number of nitrogens with zero attached hydrogens (tertiary/aromatic N) is 2. The lowest BCUT2D eigenvalue weighted by molar-refractivity contribution is 0.339. The van der Waals surface area contributed by atoms with Gasteiger partial charge in [-0.15, -0.1) is 0 Å². The fourth-order valence-corrected chi connectivity index (χ4v) is 5.57. The summed E-state index contributed by atoms with van der Waals surface area (Å²) in [6.45, 7) is 6.29. The summed E-state index contributed by atoms with van der Waals surface area (Å²) >= 11 is 0. The maximum Gasteiger partial charge on any atom is 0.161 e. The van der Waals surface area contributed by atoms with Gasteiger partial charge in [-0.1, -0.05) is 6.92 Å². The van der Waals surface area contributed by atoms with Crippen LogP contribution in [0.15, 0.2) is 6.20 Å². The van der Waals surface area contributed by atoms with Gasteiger partial charge in [0.1, 0.15) is 0 Å². The third kappa shape index (κ3) is 1.88. The maximum absolute atomic E-state index is 5.60. The molecule has 3 aliphatic carbocycles. The number of hydrogen-bond acceptors (Lipinski definition) is 3. The topological polar surface area (TPSA) is 39.1 Å². The second-order valence-electron chi connectivity index (χ2n) is 7.01. The lowest BCUT2D eigenvalue weighted by Gasteiger charge is -2.23. The minimum Gasteiger partial charge on any atom is -0.493 e. The van der Waals surface area contributed by atoms with E-state index in [4.69, 9.17) is 4.74 Å². The lowest BCUT2D eigenvalue weighted by Crippen LogP contribution is -2.28. The molecule has 4 nitrogen and oxygen atoms in total. The number of aryl methyl sites for hydroxylation is 1. The molecule has 1 aromatic heterocycles. The van der Waals surface area contributed by atoms with Crippen LogP contribution in [0.5, 0.6) is 5.75 Å². The predicted octanol–water partition coefficient (Wildman–Crippen LogP) is 2.85. The van der Waals surface area contributed by atoms with Crippen molar-refractivity contribution in [3.05, 3.63) is 11.9 Å². The number of aromatic nitrogens is 2. The molecule has 4 heteroatoms. The third-order valence-electron chi connectivity index (χ3n) is 6.26. The van der Waals surface area contributed by atoms with E-state index in [2.05, 4.69) is 28.9 Å². The first kappa shape index (κ1) is 13.6. The Hall–Kier alpha value is -1.03. The summed E-state index contributed by atoms with van der Waals surface area (Å²) in [5.74, 6) is 5.73. The van der Waals surface area contributed by atoms with Crippen LogP contribution in [-0.4, -0.2) is 23.4 Å². The number of fused-ring (bicyclic) bond motifs is 5. The molecule has 5 atom stereocenters. The van der Waals surface area contributed by atoms with Crippen molar-refractivity contribution < 1.29 is 4.74 Å². The van der Waals surface area contributed by atoms with Crippen molar-refractivity contribution >= 4 is 0 Å². The maximum atomic E-state index is 5.60. The van der Waals surface area contributed by atoms with Crippen molar-refractivity contribution in [2.24, 2.45) is 29.6 Å². The second kappa shape index (κ2) is 5.01. The molecule has 3 aliphatic rings. The van der Waals surface area contributed by atoms with Gasteiger partial charge in [-0.2, -0.15) is 5.10 Å². The van der Waals surface area contributed by atoms with E-state index in [9.17, 15) is 0 Å². The fourth-order valence-electron chi connectivity index (χ4n) is 5.57. The van der Waals surface area contributed by atoms with E-state index in [1.807, 2.05) is 6.20 Å². The van der Waals surface area contributed by atoms with Crippen LogP contribution in [0.25, 0.3) is 0 Å². The highest BCUT2D eigenvalue weighted by Gasteiger charge is 2.67. The molecule has 3 saturated carbocycles. The van der Waals surface area contributed by atoms with E-state index < -0.39 is 0 Å². The Morgan fingerprint density at radius 3 is 2.62 bits per heavy atom. The van der Waals surface area contributed by atoms with Gasteiger partial charge >= 0.3 is 0 Å². The summed E-state index contributed by atoms with van der Waals surface area (Å²) in [6.07, 6.45) is 6.35. The summed E-state index contributed by atoms with van der Waals surface area (Å²) in [4.78, 5) is 0. The molecule has 21 heavy (non-hydrogen) atoms. The highest BCUT2D eigenvalue weighted by atomic mass is 16.5. The molecule has 0 saturated heterocycles. The molecule has 1 aromatic rings. The Balaban J connectivity index is 1.65. The average molecular weight is 289 g/mol. The molecule has 0 aromatic carbocycles. The predicted molar refractivity (Wildman–Crippen MR) is 82.2 cm³/mol. The van der Waals surface area contributed by atoms with E-state index in [1.54, 1.807) is 7.11 Å². The molecular weight excluding hydrogens is 262 g/mol. The van der Waals surface area contributed by atoms with Gasteiger partial charge in [-0.05, 0) is 62.3 Å². The molecule has 0 spiro atoms. The molecule has 5 unspecified atom stereocenters. The minimum absolute atomic E-state index is 0.422. The quantitative estimate of drug-likeness (QED) is 0.875. The van der Waals surface area contributed by atoms with Gasteiger partial charge < -0.3 is 10.1 Å². The monoisotopic (exact) mass is 289 g/mol. The zero-order chi connectivity index (χ0) is 14.6. The van der Waals surface area contributed by atoms with Crippen molar-refractivity contribution in [3.8, 4) is 5.75 Å². The van der Waals surface area contributed by atoms with Crippen LogP contribution >= 0.6 is 0 Å². The van der Waals surface area contributed by atoms with E-state index in [0.29, 0.717) is 6.04 Å². The Morgan fingerprint density at radius 2 is 2.05 bits per heavy atom. The Kier molecular flexibility index (Phi) is 3.25. The fraction of sp³-hybridized carbons (Fsp3) is 0.824. The largest absolute Gasteiger partial charge is 0.493 e. The molecule has 1 N–H and O–H groups in total. The van der Waals surface area contributed by atoms with E-state index >= 15 is 0 Å². The van der Waals surface area contributed by atoms with Crippen LogP contribution in [0.2, 0.25) is 0 Å². The van der Waals surface area contributed by atoms with Crippen molar-refractivity contribution in [2.75, 3.05) is 13.7 Å². The SMILES string of the molecule is CCNC(c1c(OC)cnn1CC)C1C2C3CCC(C3)C21. The molecule has 4 rings (SSSR count). The molecule has 3 fully saturated rings. The first-order valence-electron chi connectivity index (χ1n) is 8.63. The van der Waals surface area contributed by atoms with E-state index in [0.717, 1.165) is 48.4 Å². The van der Waals surface area contributed by atoms with Crippen LogP contribution in [0, 0.1) is 29.6 Å². The van der Waals surface area contributed by atoms with Crippen LogP contribution in [-0.2, 0) is 6.54 Å². The molecule has 0 aliphatic heterocycles. The third-order valence-corrected chi connectivity index (χ3v) is 6.26. The van der Waals surface area contributed by atoms with Gasteiger partial charge in [0, 0.05) is 6.54 Å². The minimum atomic E-state index is 0.422. The summed E-state index contributed by atoms with van der Waals surface area (Å²) < 4.78 is 7.73. The molecule has 0 radical (unpaired) electrons. The second-order valence-corrected chi connectivity index (χ2v) is 7.01. The highest BCUT2D eigenvalue weighted by molar-refractivity contribution is 5.32. The molecule has 1 heterocycles. The van der Waals surface area contributed by atoms with E-state index in [1.165, 1.54) is 25.0 Å². The van der Waals surface area contributed by atoms with Crippen LogP contribution < -0.4 is 10.1 Å². The van der Waals surface area contributed by atoms with Gasteiger partial charge in [0.25, 0.3) is 0 Å². The van der Waals surface area contributed by atoms with Gasteiger partial charge in [-0.3, -0.25) is 4.68 Å². The van der Waals surface area contributed by atoms with Crippen molar-refractivity contribution in [2.45, 2.75) is 45.7 Å². The normalized spacial score (nSPS) is 37.6. The van der Waals surface area contributed by atoms with Crippen LogP contribution in [0.4, 0.5) is 0 Å². The zero-order valence-corrected chi connectivity index (χ0v) is 13.4. The van der Waals surface area contributed by atoms with Gasteiger partial charge in [0.05, 0.1) is 25.0 Å². The number of ether oxygens (including phenoxy) is 1. The molecular formula is C17H27N3O. The zero-order valence-electron chi connectivity index (χ0n) is 13.4. The Bertz CT molecular complexity index is 489. The number of rotatable bonds is 6. The Labute approximate surface area is 127 Å². The van der Waals surface area contributed by atoms with E-state index in [-0.39, 0.29) is 0 Å². The first-order chi connectivity index (χ1) is 10.3. The van der Waals surface area contributed by atoms with Crippen molar-refractivity contribution in [1.82, 2.24) is 15.1 Å². The first-order valence-corrected chi connectivity index (χ1v) is 8.63. The van der Waals surface area contributed by atoms with Crippen molar-refractivity contribution in [1.29, 1.82) is 0 Å². The van der Waals surface area contributed by atoms with Gasteiger partial charge in [-0.25, -0.2) is 0 Å². The number of methoxy groups -OCH3 is 1. The summed E-state index contributed by atoms with van der Waals surface area (Å²) in [5, 5.41) is 8.27. The molecule has 2 bridgehead atoms. The smallest absolute Gasteiger partial charge is 0.161 e. The molecule has 116 valence electrons. The number of nitrogens with one attached hydrogen (secondary N) is 1. The summed E-state index contributed by atoms with van der Waals surface area (Å²) in [5.41, 5.74) is 1.28. The van der Waals surface area contributed by atoms with Crippen molar-refractivity contribution in [3.63, 3.8) is 0 Å². The average Bonchev–Trinajstić information content (AvgIpc) is 2.85. The van der Waals surface area contributed by atoms with Crippen LogP contribution in [0.1, 0.15) is 44.8 Å². The lowest BCUT2D eigenvalue weighted by atomic mass is 9.95.